The van der Waals surface area contributed by atoms with Gasteiger partial charge < -0.3 is 14.8 Å². The lowest BCUT2D eigenvalue weighted by molar-refractivity contribution is 0.146. The molecule has 0 unspecified atom stereocenters. The van der Waals surface area contributed by atoms with Crippen molar-refractivity contribution in [3.05, 3.63) is 57.5 Å². The Balaban J connectivity index is 1.62. The summed E-state index contributed by atoms with van der Waals surface area (Å²) in [5.74, 6) is -0.350. The summed E-state index contributed by atoms with van der Waals surface area (Å²) < 4.78 is 57.2. The second-order valence-corrected chi connectivity index (χ2v) is 10.2. The van der Waals surface area contributed by atoms with E-state index in [1.54, 1.807) is 20.0 Å². The maximum atomic E-state index is 14.9. The number of nitriles is 1. The molecule has 39 heavy (non-hydrogen) atoms. The van der Waals surface area contributed by atoms with Gasteiger partial charge in [-0.25, -0.2) is 27.5 Å². The molecule has 1 atom stereocenters. The molecule has 1 N–H and O–H groups in total. The molecule has 1 saturated heterocycles. The minimum atomic E-state index is -2.96. The quantitative estimate of drug-likeness (QED) is 0.332. The zero-order valence-corrected chi connectivity index (χ0v) is 21.7. The molecule has 1 saturated carbocycles. The predicted molar refractivity (Wildman–Crippen MR) is 139 cm³/mol. The number of anilines is 2. The van der Waals surface area contributed by atoms with Gasteiger partial charge in [-0.15, -0.1) is 0 Å². The molecule has 2 aromatic heterocycles. The Morgan fingerprint density at radius 2 is 1.85 bits per heavy atom. The van der Waals surface area contributed by atoms with Gasteiger partial charge in [0, 0.05) is 37.9 Å². The molecule has 0 radical (unpaired) electrons. The molecule has 206 valence electrons. The van der Waals surface area contributed by atoms with Crippen LogP contribution < -0.4 is 15.8 Å². The van der Waals surface area contributed by atoms with Crippen LogP contribution in [0, 0.1) is 24.1 Å². The number of halogens is 4. The van der Waals surface area contributed by atoms with Crippen LogP contribution in [0.25, 0.3) is 10.9 Å². The third kappa shape index (κ3) is 4.91. The van der Waals surface area contributed by atoms with Gasteiger partial charge in [-0.3, -0.25) is 9.69 Å². The lowest BCUT2D eigenvalue weighted by Gasteiger charge is -2.35. The predicted octanol–water partition coefficient (Wildman–Crippen LogP) is 4.45. The molecule has 2 aliphatic rings. The molecule has 1 aliphatic heterocycles. The molecule has 2 fully saturated rings. The highest BCUT2D eigenvalue weighted by Crippen LogP contribution is 2.44. The molecule has 0 spiro atoms. The highest BCUT2D eigenvalue weighted by molar-refractivity contribution is 5.97. The van der Waals surface area contributed by atoms with Crippen molar-refractivity contribution in [1.82, 2.24) is 19.4 Å². The minimum Gasteiger partial charge on any atom is -0.363 e. The highest BCUT2D eigenvalue weighted by atomic mass is 19.3. The Morgan fingerprint density at radius 1 is 1.15 bits per heavy atom. The van der Waals surface area contributed by atoms with Gasteiger partial charge in [-0.1, -0.05) is 18.2 Å². The number of piperazine rings is 1. The Kier molecular flexibility index (Phi) is 7.20. The monoisotopic (exact) mass is 543 g/mol. The average molecular weight is 544 g/mol. The fourth-order valence-corrected chi connectivity index (χ4v) is 5.20. The molecule has 0 amide bonds. The summed E-state index contributed by atoms with van der Waals surface area (Å²) in [5.41, 5.74) is -1.22. The van der Waals surface area contributed by atoms with Crippen molar-refractivity contribution in [2.75, 3.05) is 49.6 Å². The lowest BCUT2D eigenvalue weighted by atomic mass is 10.0. The third-order valence-corrected chi connectivity index (χ3v) is 7.64. The molecule has 0 bridgehead atoms. The van der Waals surface area contributed by atoms with Crippen molar-refractivity contribution >= 4 is 22.4 Å². The summed E-state index contributed by atoms with van der Waals surface area (Å²) in [4.78, 5) is 26.8. The van der Waals surface area contributed by atoms with Gasteiger partial charge in [-0.05, 0) is 26.7 Å². The van der Waals surface area contributed by atoms with E-state index >= 15 is 0 Å². The first-order valence-electron chi connectivity index (χ1n) is 12.9. The van der Waals surface area contributed by atoms with Crippen LogP contribution in [0.15, 0.2) is 29.2 Å². The van der Waals surface area contributed by atoms with Crippen molar-refractivity contribution in [1.29, 1.82) is 5.26 Å². The number of alkyl halides is 3. The molecule has 1 aromatic carbocycles. The number of nitrogens with one attached hydrogen (secondary N) is 1. The number of nitrogens with zero attached hydrogens (tertiary/aromatic N) is 6. The van der Waals surface area contributed by atoms with Crippen molar-refractivity contribution in [2.45, 2.75) is 44.7 Å². The maximum Gasteiger partial charge on any atom is 0.276 e. The van der Waals surface area contributed by atoms with E-state index in [1.807, 2.05) is 9.80 Å². The van der Waals surface area contributed by atoms with Gasteiger partial charge in [0.15, 0.2) is 0 Å². The fourth-order valence-electron chi connectivity index (χ4n) is 5.20. The number of hydrogen-bond donors (Lipinski definition) is 1. The number of aryl methyl sites for hydroxylation is 1. The second kappa shape index (κ2) is 10.4. The Hall–Kier alpha value is -3.72. The fraction of sp³-hybridized carbons (Fsp3) is 0.481. The standard InChI is InChI=1S/C27H29F4N7O/c1-16(18-4-3-5-19(21(18)29)24(30)31)33-25-20-14-38(27(15-28)6-7-27)26(39)23(22(20)34-17(2)35-25)37-12-10-36(9-8-32)11-13-37/h3-5,14,16,24H,6-7,9-13,15H2,1-2H3,(H,33,34,35)/t16-/m1/s1. The lowest BCUT2D eigenvalue weighted by Crippen LogP contribution is -2.49. The number of rotatable bonds is 8. The van der Waals surface area contributed by atoms with E-state index in [2.05, 4.69) is 21.4 Å². The molecule has 8 nitrogen and oxygen atoms in total. The number of benzene rings is 1. The molecule has 3 aromatic rings. The van der Waals surface area contributed by atoms with Crippen LogP contribution in [-0.4, -0.2) is 58.8 Å². The van der Waals surface area contributed by atoms with Crippen molar-refractivity contribution in [3.8, 4) is 6.07 Å². The molecule has 1 aliphatic carbocycles. The first-order valence-corrected chi connectivity index (χ1v) is 12.9. The minimum absolute atomic E-state index is 0.0433. The van der Waals surface area contributed by atoms with E-state index in [4.69, 9.17) is 5.26 Å². The van der Waals surface area contributed by atoms with Crippen LogP contribution in [-0.2, 0) is 5.54 Å². The second-order valence-electron chi connectivity index (χ2n) is 10.2. The van der Waals surface area contributed by atoms with Crippen molar-refractivity contribution in [3.63, 3.8) is 0 Å². The number of hydrogen-bond acceptors (Lipinski definition) is 7. The smallest absolute Gasteiger partial charge is 0.276 e. The van der Waals surface area contributed by atoms with Crippen LogP contribution in [0.4, 0.5) is 29.1 Å². The third-order valence-electron chi connectivity index (χ3n) is 7.64. The van der Waals surface area contributed by atoms with Gasteiger partial charge >= 0.3 is 0 Å². The van der Waals surface area contributed by atoms with Crippen LogP contribution in [0.3, 0.4) is 0 Å². The number of fused-ring (bicyclic) bond motifs is 1. The molecule has 3 heterocycles. The molecule has 5 rings (SSSR count). The molecular weight excluding hydrogens is 514 g/mol. The van der Waals surface area contributed by atoms with E-state index < -0.39 is 36.1 Å². The topological polar surface area (TPSA) is 90.1 Å². The highest BCUT2D eigenvalue weighted by Gasteiger charge is 2.46. The van der Waals surface area contributed by atoms with Crippen LogP contribution in [0.5, 0.6) is 0 Å². The number of aromatic nitrogens is 3. The maximum absolute atomic E-state index is 14.9. The summed E-state index contributed by atoms with van der Waals surface area (Å²) >= 11 is 0. The Bertz CT molecular complexity index is 1490. The van der Waals surface area contributed by atoms with Gasteiger partial charge in [0.2, 0.25) is 0 Å². The van der Waals surface area contributed by atoms with E-state index in [0.717, 1.165) is 6.07 Å². The van der Waals surface area contributed by atoms with Gasteiger partial charge in [0.25, 0.3) is 12.0 Å². The van der Waals surface area contributed by atoms with Crippen LogP contribution in [0.2, 0.25) is 0 Å². The van der Waals surface area contributed by atoms with E-state index in [9.17, 15) is 22.4 Å². The van der Waals surface area contributed by atoms with Gasteiger partial charge in [0.1, 0.15) is 35.3 Å². The summed E-state index contributed by atoms with van der Waals surface area (Å²) in [6.07, 6.45) is -0.371. The zero-order valence-electron chi connectivity index (χ0n) is 21.7. The summed E-state index contributed by atoms with van der Waals surface area (Å²) in [7, 11) is 0. The first kappa shape index (κ1) is 26.9. The Morgan fingerprint density at radius 3 is 2.46 bits per heavy atom. The molecular formula is C27H29F4N7O. The summed E-state index contributed by atoms with van der Waals surface area (Å²) in [6, 6.07) is 5.24. The van der Waals surface area contributed by atoms with Gasteiger partial charge in [-0.2, -0.15) is 5.26 Å². The van der Waals surface area contributed by atoms with Crippen molar-refractivity contribution < 1.29 is 17.6 Å². The van der Waals surface area contributed by atoms with E-state index in [1.165, 1.54) is 16.7 Å². The summed E-state index contributed by atoms with van der Waals surface area (Å²) in [5, 5.41) is 12.6. The first-order chi connectivity index (χ1) is 18.7. The number of pyridine rings is 1. The van der Waals surface area contributed by atoms with E-state index in [0.29, 0.717) is 67.3 Å². The SMILES string of the molecule is Cc1nc(N[C@H](C)c2cccc(C(F)F)c2F)c2cn(C3(CF)CC3)c(=O)c(N3CCN(CC#N)CC3)c2n1. The van der Waals surface area contributed by atoms with E-state index in [-0.39, 0.29) is 17.7 Å². The van der Waals surface area contributed by atoms with Crippen molar-refractivity contribution in [2.24, 2.45) is 0 Å². The van der Waals surface area contributed by atoms with Crippen LogP contribution >= 0.6 is 0 Å². The normalized spacial score (nSPS) is 17.8. The van der Waals surface area contributed by atoms with Crippen LogP contribution in [0.1, 0.15) is 49.2 Å². The molecule has 12 heteroatoms. The Labute approximate surface area is 222 Å². The zero-order chi connectivity index (χ0) is 27.9. The van der Waals surface area contributed by atoms with Gasteiger partial charge in [0.05, 0.1) is 35.1 Å². The average Bonchev–Trinajstić information content (AvgIpc) is 3.70. The largest absolute Gasteiger partial charge is 0.363 e. The summed E-state index contributed by atoms with van der Waals surface area (Å²) in [6.45, 7) is 4.98.